The predicted octanol–water partition coefficient (Wildman–Crippen LogP) is 5.23. The molecule has 0 saturated heterocycles. The molecule has 0 aliphatic carbocycles. The summed E-state index contributed by atoms with van der Waals surface area (Å²) in [6.07, 6.45) is -1.97. The van der Waals surface area contributed by atoms with Crippen molar-refractivity contribution >= 4 is 22.4 Å². The molecule has 1 heterocycles. The van der Waals surface area contributed by atoms with Crippen LogP contribution in [0.15, 0.2) is 42.6 Å². The van der Waals surface area contributed by atoms with Crippen molar-refractivity contribution in [3.63, 3.8) is 0 Å². The third-order valence-corrected chi connectivity index (χ3v) is 5.61. The third-order valence-electron chi connectivity index (χ3n) is 4.70. The molecule has 0 unspecified atom stereocenters. The summed E-state index contributed by atoms with van der Waals surface area (Å²) in [7, 11) is 4.57. The Morgan fingerprint density at radius 2 is 1.65 bits per heavy atom. The molecular weight excluding hydrogens is 473 g/mol. The van der Waals surface area contributed by atoms with Crippen molar-refractivity contribution in [2.45, 2.75) is 25.6 Å². The molecule has 1 amide bonds. The molecule has 1 N–H and O–H groups in total. The van der Waals surface area contributed by atoms with Crippen LogP contribution in [0.4, 0.5) is 18.3 Å². The summed E-state index contributed by atoms with van der Waals surface area (Å²) >= 11 is 1.30. The summed E-state index contributed by atoms with van der Waals surface area (Å²) in [5.74, 6) is 1.03. The summed E-state index contributed by atoms with van der Waals surface area (Å²) in [5.41, 5.74) is 1.64. The number of thiazole rings is 1. The van der Waals surface area contributed by atoms with Crippen LogP contribution >= 0.6 is 11.3 Å². The summed E-state index contributed by atoms with van der Waals surface area (Å²) in [5, 5.41) is 3.22. The van der Waals surface area contributed by atoms with Gasteiger partial charge in [-0.3, -0.25) is 4.79 Å². The number of aryl methyl sites for hydroxylation is 1. The molecule has 0 saturated carbocycles. The fourth-order valence-corrected chi connectivity index (χ4v) is 4.04. The van der Waals surface area contributed by atoms with Crippen LogP contribution in [-0.4, -0.2) is 38.6 Å². The number of carbonyl (C=O) groups excluding carboxylic acids is 1. The Balaban J connectivity index is 1.55. The third kappa shape index (κ3) is 7.01. The number of nitrogens with zero attached hydrogens (tertiary/aromatic N) is 1. The van der Waals surface area contributed by atoms with Gasteiger partial charge in [-0.2, -0.15) is 0 Å². The molecule has 0 bridgehead atoms. The molecule has 34 heavy (non-hydrogen) atoms. The van der Waals surface area contributed by atoms with E-state index in [1.807, 2.05) is 0 Å². The number of methoxy groups -OCH3 is 3. The summed E-state index contributed by atoms with van der Waals surface area (Å²) in [6.45, 7) is 0. The van der Waals surface area contributed by atoms with Crippen molar-refractivity contribution in [2.75, 3.05) is 26.6 Å². The van der Waals surface area contributed by atoms with Crippen LogP contribution in [0.25, 0.3) is 0 Å². The SMILES string of the molecule is COc1cc(CCC(=O)Nc2ncc(Cc3ccc(OC(F)(F)F)cc3)s2)cc(OC)c1OC. The van der Waals surface area contributed by atoms with E-state index >= 15 is 0 Å². The van der Waals surface area contributed by atoms with Gasteiger partial charge in [-0.15, -0.1) is 24.5 Å². The molecule has 0 aliphatic rings. The van der Waals surface area contributed by atoms with Gasteiger partial charge in [0.2, 0.25) is 11.7 Å². The highest BCUT2D eigenvalue weighted by Gasteiger charge is 2.30. The zero-order valence-electron chi connectivity index (χ0n) is 18.7. The summed E-state index contributed by atoms with van der Waals surface area (Å²) in [6, 6.07) is 9.21. The number of hydrogen-bond donors (Lipinski definition) is 1. The maximum atomic E-state index is 12.4. The predicted molar refractivity (Wildman–Crippen MR) is 121 cm³/mol. The van der Waals surface area contributed by atoms with Crippen LogP contribution < -0.4 is 24.3 Å². The number of halogens is 3. The molecule has 0 radical (unpaired) electrons. The molecule has 182 valence electrons. The second-order valence-electron chi connectivity index (χ2n) is 7.08. The average Bonchev–Trinajstić information content (AvgIpc) is 3.23. The molecule has 0 aliphatic heterocycles. The first-order valence-corrected chi connectivity index (χ1v) is 10.9. The number of ether oxygens (including phenoxy) is 4. The molecule has 0 spiro atoms. The topological polar surface area (TPSA) is 78.9 Å². The average molecular weight is 497 g/mol. The van der Waals surface area contributed by atoms with Crippen molar-refractivity contribution in [2.24, 2.45) is 0 Å². The lowest BCUT2D eigenvalue weighted by Crippen LogP contribution is -2.17. The molecule has 3 rings (SSSR count). The Morgan fingerprint density at radius 3 is 2.21 bits per heavy atom. The lowest BCUT2D eigenvalue weighted by molar-refractivity contribution is -0.274. The molecule has 7 nitrogen and oxygen atoms in total. The fraction of sp³-hybridized carbons (Fsp3) is 0.304. The molecular formula is C23H23F3N2O5S. The molecule has 1 aromatic heterocycles. The number of anilines is 1. The maximum Gasteiger partial charge on any atom is 0.573 e. The number of rotatable bonds is 10. The number of amides is 1. The minimum atomic E-state index is -4.72. The number of aromatic nitrogens is 1. The van der Waals surface area contributed by atoms with E-state index in [0.717, 1.165) is 16.0 Å². The molecule has 3 aromatic rings. The van der Waals surface area contributed by atoms with Crippen LogP contribution in [0, 0.1) is 0 Å². The fourth-order valence-electron chi connectivity index (χ4n) is 3.18. The van der Waals surface area contributed by atoms with E-state index in [1.165, 1.54) is 44.8 Å². The van der Waals surface area contributed by atoms with Crippen molar-refractivity contribution in [3.8, 4) is 23.0 Å². The van der Waals surface area contributed by atoms with E-state index in [4.69, 9.17) is 14.2 Å². The van der Waals surface area contributed by atoms with Gasteiger partial charge in [0.25, 0.3) is 0 Å². The number of alkyl halides is 3. The minimum Gasteiger partial charge on any atom is -0.493 e. The van der Waals surface area contributed by atoms with Crippen molar-refractivity contribution in [3.05, 3.63) is 58.6 Å². The van der Waals surface area contributed by atoms with Gasteiger partial charge in [-0.25, -0.2) is 4.98 Å². The Kier molecular flexibility index (Phi) is 8.21. The number of nitrogens with one attached hydrogen (secondary N) is 1. The quantitative estimate of drug-likeness (QED) is 0.414. The van der Waals surface area contributed by atoms with Gasteiger partial charge >= 0.3 is 6.36 Å². The Hall–Kier alpha value is -3.47. The number of benzene rings is 2. The Labute approximate surface area is 198 Å². The van der Waals surface area contributed by atoms with E-state index in [9.17, 15) is 18.0 Å². The number of hydrogen-bond acceptors (Lipinski definition) is 7. The van der Waals surface area contributed by atoms with Gasteiger partial charge in [-0.05, 0) is 41.8 Å². The summed E-state index contributed by atoms with van der Waals surface area (Å²) in [4.78, 5) is 17.5. The minimum absolute atomic E-state index is 0.205. The van der Waals surface area contributed by atoms with E-state index in [0.29, 0.717) is 35.2 Å². The van der Waals surface area contributed by atoms with Crippen LogP contribution in [0.2, 0.25) is 0 Å². The lowest BCUT2D eigenvalue weighted by atomic mass is 10.1. The highest BCUT2D eigenvalue weighted by Crippen LogP contribution is 2.38. The van der Waals surface area contributed by atoms with Gasteiger partial charge in [0, 0.05) is 23.9 Å². The monoisotopic (exact) mass is 496 g/mol. The first kappa shape index (κ1) is 25.2. The van der Waals surface area contributed by atoms with Crippen molar-refractivity contribution in [1.29, 1.82) is 0 Å². The Bertz CT molecular complexity index is 1090. The normalized spacial score (nSPS) is 11.1. The maximum absolute atomic E-state index is 12.4. The lowest BCUT2D eigenvalue weighted by Gasteiger charge is -2.14. The number of carbonyl (C=O) groups is 1. The second kappa shape index (κ2) is 11.1. The zero-order chi connectivity index (χ0) is 24.7. The van der Waals surface area contributed by atoms with E-state index in [-0.39, 0.29) is 18.1 Å². The largest absolute Gasteiger partial charge is 0.573 e. The highest BCUT2D eigenvalue weighted by molar-refractivity contribution is 7.15. The standard InChI is InChI=1S/C23H23F3N2O5S/c1-30-18-11-15(12-19(31-2)21(18)32-3)6-9-20(29)28-22-27-13-17(34-22)10-14-4-7-16(8-5-14)33-23(24,25)26/h4-5,7-8,11-13H,6,9-10H2,1-3H3,(H,27,28,29). The van der Waals surface area contributed by atoms with Crippen LogP contribution in [0.1, 0.15) is 22.4 Å². The molecule has 0 fully saturated rings. The first-order chi connectivity index (χ1) is 16.2. The van der Waals surface area contributed by atoms with Crippen LogP contribution in [0.3, 0.4) is 0 Å². The second-order valence-corrected chi connectivity index (χ2v) is 8.20. The highest BCUT2D eigenvalue weighted by atomic mass is 32.1. The molecule has 2 aromatic carbocycles. The van der Waals surface area contributed by atoms with Gasteiger partial charge in [0.15, 0.2) is 16.6 Å². The van der Waals surface area contributed by atoms with E-state index < -0.39 is 6.36 Å². The van der Waals surface area contributed by atoms with E-state index in [1.54, 1.807) is 30.5 Å². The summed E-state index contributed by atoms with van der Waals surface area (Å²) < 4.78 is 56.6. The van der Waals surface area contributed by atoms with Gasteiger partial charge in [0.05, 0.1) is 21.3 Å². The van der Waals surface area contributed by atoms with Crippen LogP contribution in [-0.2, 0) is 17.6 Å². The Morgan fingerprint density at radius 1 is 1.00 bits per heavy atom. The molecule has 0 atom stereocenters. The van der Waals surface area contributed by atoms with E-state index in [2.05, 4.69) is 15.0 Å². The van der Waals surface area contributed by atoms with Crippen molar-refractivity contribution < 1.29 is 36.9 Å². The van der Waals surface area contributed by atoms with Crippen molar-refractivity contribution in [1.82, 2.24) is 4.98 Å². The van der Waals surface area contributed by atoms with Gasteiger partial charge in [0.1, 0.15) is 5.75 Å². The first-order valence-electron chi connectivity index (χ1n) is 10.1. The van der Waals surface area contributed by atoms with Crippen LogP contribution in [0.5, 0.6) is 23.0 Å². The van der Waals surface area contributed by atoms with Gasteiger partial charge in [-0.1, -0.05) is 12.1 Å². The smallest absolute Gasteiger partial charge is 0.493 e. The molecule has 11 heteroatoms. The van der Waals surface area contributed by atoms with Gasteiger partial charge < -0.3 is 24.3 Å². The zero-order valence-corrected chi connectivity index (χ0v) is 19.5.